The van der Waals surface area contributed by atoms with Gasteiger partial charge in [0.2, 0.25) is 0 Å². The molecule has 0 atom stereocenters. The molecule has 1 aromatic heterocycles. The van der Waals surface area contributed by atoms with Gasteiger partial charge in [0.15, 0.2) is 0 Å². The van der Waals surface area contributed by atoms with E-state index in [-0.39, 0.29) is 18.7 Å². The summed E-state index contributed by atoms with van der Waals surface area (Å²) in [4.78, 5) is 24.8. The molecule has 1 N–H and O–H groups in total. The van der Waals surface area contributed by atoms with Crippen LogP contribution < -0.4 is 10.3 Å². The van der Waals surface area contributed by atoms with E-state index in [9.17, 15) is 23.5 Å². The maximum Gasteiger partial charge on any atom is 0.407 e. The topological polar surface area (TPSA) is 71.8 Å². The van der Waals surface area contributed by atoms with Crippen molar-refractivity contribution in [3.05, 3.63) is 99.5 Å². The van der Waals surface area contributed by atoms with Crippen molar-refractivity contribution in [2.45, 2.75) is 32.0 Å². The van der Waals surface area contributed by atoms with Crippen LogP contribution in [0.15, 0.2) is 71.7 Å². The highest BCUT2D eigenvalue weighted by atomic mass is 19.3. The Morgan fingerprint density at radius 2 is 1.84 bits per heavy atom. The second-order valence-corrected chi connectivity index (χ2v) is 7.74. The van der Waals surface area contributed by atoms with Crippen LogP contribution in [-0.4, -0.2) is 27.2 Å². The molecule has 1 amide bonds. The Hall–Kier alpha value is -3.68. The summed E-state index contributed by atoms with van der Waals surface area (Å²) in [6.45, 7) is -0.149. The van der Waals surface area contributed by atoms with Crippen LogP contribution in [0.25, 0.3) is 0 Å². The zero-order valence-corrected chi connectivity index (χ0v) is 17.2. The number of alkyl halides is 2. The Kier molecular flexibility index (Phi) is 5.94. The van der Waals surface area contributed by atoms with Crippen LogP contribution in [0, 0.1) is 0 Å². The molecule has 0 saturated carbocycles. The number of halogens is 2. The lowest BCUT2D eigenvalue weighted by molar-refractivity contribution is -0.0233. The lowest BCUT2D eigenvalue weighted by Crippen LogP contribution is -2.35. The molecule has 166 valence electrons. The van der Waals surface area contributed by atoms with Gasteiger partial charge in [-0.1, -0.05) is 42.5 Å². The maximum absolute atomic E-state index is 15.0. The highest BCUT2D eigenvalue weighted by Gasteiger charge is 2.34. The molecule has 0 spiro atoms. The van der Waals surface area contributed by atoms with Crippen molar-refractivity contribution in [1.82, 2.24) is 9.47 Å². The summed E-state index contributed by atoms with van der Waals surface area (Å²) in [5, 5.41) is 9.17. The Morgan fingerprint density at radius 1 is 1.06 bits per heavy atom. The number of hydrogen-bond acceptors (Lipinski definition) is 3. The Morgan fingerprint density at radius 3 is 2.56 bits per heavy atom. The van der Waals surface area contributed by atoms with Crippen molar-refractivity contribution in [2.24, 2.45) is 0 Å². The van der Waals surface area contributed by atoms with Gasteiger partial charge in [-0.25, -0.2) is 4.79 Å². The molecule has 0 unspecified atom stereocenters. The number of benzene rings is 2. The molecule has 0 radical (unpaired) electrons. The summed E-state index contributed by atoms with van der Waals surface area (Å²) in [5.41, 5.74) is 1.51. The van der Waals surface area contributed by atoms with Gasteiger partial charge >= 0.3 is 6.09 Å². The first-order chi connectivity index (χ1) is 15.3. The van der Waals surface area contributed by atoms with Gasteiger partial charge < -0.3 is 19.3 Å². The molecule has 0 aliphatic carbocycles. The predicted octanol–water partition coefficient (Wildman–Crippen LogP) is 4.26. The number of hydrogen-bond donors (Lipinski definition) is 1. The van der Waals surface area contributed by atoms with Crippen molar-refractivity contribution in [3.8, 4) is 5.75 Å². The summed E-state index contributed by atoms with van der Waals surface area (Å²) in [5.74, 6) is -3.00. The van der Waals surface area contributed by atoms with E-state index in [1.165, 1.54) is 35.4 Å². The molecule has 8 heteroatoms. The average Bonchev–Trinajstić information content (AvgIpc) is 2.79. The van der Waals surface area contributed by atoms with E-state index in [1.54, 1.807) is 6.07 Å². The fourth-order valence-corrected chi connectivity index (χ4v) is 3.70. The highest BCUT2D eigenvalue weighted by molar-refractivity contribution is 5.65. The number of ether oxygens (including phenoxy) is 1. The summed E-state index contributed by atoms with van der Waals surface area (Å²) >= 11 is 0. The predicted molar refractivity (Wildman–Crippen MR) is 114 cm³/mol. The monoisotopic (exact) mass is 440 g/mol. The summed E-state index contributed by atoms with van der Waals surface area (Å²) in [6, 6.07) is 16.4. The molecule has 1 aliphatic heterocycles. The standard InChI is InChI=1S/C24H22F2N2O4/c25-24(26,20-7-6-18-8-10-27(23(30)31)14-19(18)12-20)16-28-11-9-21(13-22(28)29)32-15-17-4-2-1-3-5-17/h1-7,9,11-13H,8,10,14-16H2,(H,30,31). The van der Waals surface area contributed by atoms with Crippen molar-refractivity contribution in [2.75, 3.05) is 6.54 Å². The normalized spacial score (nSPS) is 13.5. The third-order valence-electron chi connectivity index (χ3n) is 5.50. The van der Waals surface area contributed by atoms with Crippen LogP contribution in [-0.2, 0) is 32.0 Å². The van der Waals surface area contributed by atoms with Crippen molar-refractivity contribution < 1.29 is 23.4 Å². The molecular formula is C24H22F2N2O4. The van der Waals surface area contributed by atoms with Crippen LogP contribution in [0.4, 0.5) is 13.6 Å². The number of nitrogens with zero attached hydrogens (tertiary/aromatic N) is 2. The highest BCUT2D eigenvalue weighted by Crippen LogP contribution is 2.32. The minimum Gasteiger partial charge on any atom is -0.489 e. The van der Waals surface area contributed by atoms with E-state index in [0.717, 1.165) is 15.7 Å². The van der Waals surface area contributed by atoms with Gasteiger partial charge in [0.25, 0.3) is 11.5 Å². The minimum absolute atomic E-state index is 0.0714. The van der Waals surface area contributed by atoms with Crippen LogP contribution in [0.5, 0.6) is 5.75 Å². The van der Waals surface area contributed by atoms with E-state index in [4.69, 9.17) is 4.74 Å². The lowest BCUT2D eigenvalue weighted by Gasteiger charge is -2.28. The van der Waals surface area contributed by atoms with Crippen LogP contribution in [0.3, 0.4) is 0 Å². The number of carboxylic acid groups (broad SMARTS) is 1. The second kappa shape index (κ2) is 8.82. The fraction of sp³-hybridized carbons (Fsp3) is 0.250. The minimum atomic E-state index is -3.31. The quantitative estimate of drug-likeness (QED) is 0.622. The van der Waals surface area contributed by atoms with Gasteiger partial charge in [-0.2, -0.15) is 8.78 Å². The summed E-state index contributed by atoms with van der Waals surface area (Å²) in [7, 11) is 0. The van der Waals surface area contributed by atoms with Gasteiger partial charge in [0.05, 0.1) is 6.54 Å². The molecule has 3 aromatic rings. The maximum atomic E-state index is 15.0. The number of pyridine rings is 1. The van der Waals surface area contributed by atoms with Crippen molar-refractivity contribution in [3.63, 3.8) is 0 Å². The van der Waals surface area contributed by atoms with E-state index in [1.807, 2.05) is 30.3 Å². The third kappa shape index (κ3) is 4.80. The first-order valence-electron chi connectivity index (χ1n) is 10.2. The van der Waals surface area contributed by atoms with Gasteiger partial charge in [0.1, 0.15) is 12.4 Å². The van der Waals surface area contributed by atoms with Crippen LogP contribution in [0.2, 0.25) is 0 Å². The first kappa shape index (κ1) is 21.5. The molecule has 6 nitrogen and oxygen atoms in total. The zero-order valence-electron chi connectivity index (χ0n) is 17.2. The number of amides is 1. The molecule has 1 aliphatic rings. The molecule has 0 saturated heterocycles. The van der Waals surface area contributed by atoms with E-state index < -0.39 is 24.1 Å². The molecule has 0 fully saturated rings. The molecule has 2 aromatic carbocycles. The average molecular weight is 440 g/mol. The Labute approximate surface area is 183 Å². The Bertz CT molecular complexity index is 1180. The molecular weight excluding hydrogens is 418 g/mol. The number of carbonyl (C=O) groups is 1. The van der Waals surface area contributed by atoms with Crippen molar-refractivity contribution in [1.29, 1.82) is 0 Å². The smallest absolute Gasteiger partial charge is 0.407 e. The second-order valence-electron chi connectivity index (χ2n) is 7.74. The SMILES string of the molecule is O=C(O)N1CCc2ccc(C(F)(F)Cn3ccc(OCc4ccccc4)cc3=O)cc2C1. The van der Waals surface area contributed by atoms with Crippen LogP contribution >= 0.6 is 0 Å². The van der Waals surface area contributed by atoms with Crippen LogP contribution in [0.1, 0.15) is 22.3 Å². The zero-order chi connectivity index (χ0) is 22.7. The van der Waals surface area contributed by atoms with Gasteiger partial charge in [-0.3, -0.25) is 4.79 Å². The van der Waals surface area contributed by atoms with E-state index in [2.05, 4.69) is 0 Å². The van der Waals surface area contributed by atoms with Gasteiger partial charge in [-0.05, 0) is 35.2 Å². The molecule has 4 rings (SSSR count). The lowest BCUT2D eigenvalue weighted by atomic mass is 9.95. The van der Waals surface area contributed by atoms with E-state index >= 15 is 0 Å². The largest absolute Gasteiger partial charge is 0.489 e. The first-order valence-corrected chi connectivity index (χ1v) is 10.2. The molecule has 32 heavy (non-hydrogen) atoms. The Balaban J connectivity index is 1.48. The number of aromatic nitrogens is 1. The molecule has 2 heterocycles. The summed E-state index contributed by atoms with van der Waals surface area (Å²) < 4.78 is 36.5. The number of fused-ring (bicyclic) bond motifs is 1. The summed E-state index contributed by atoms with van der Waals surface area (Å²) in [6.07, 6.45) is 0.701. The molecule has 0 bridgehead atoms. The number of rotatable bonds is 6. The van der Waals surface area contributed by atoms with Gasteiger partial charge in [-0.15, -0.1) is 0 Å². The van der Waals surface area contributed by atoms with E-state index in [0.29, 0.717) is 24.3 Å². The fourth-order valence-electron chi connectivity index (χ4n) is 3.70. The van der Waals surface area contributed by atoms with Gasteiger partial charge in [0, 0.05) is 30.9 Å². The van der Waals surface area contributed by atoms with Crippen molar-refractivity contribution >= 4 is 6.09 Å². The third-order valence-corrected chi connectivity index (χ3v) is 5.50.